The number of likely N-dealkylation sites (N-methyl/N-ethyl adjacent to an activating group) is 1. The topological polar surface area (TPSA) is 59.5 Å². The molecular formula is C23H31N5O2. The predicted molar refractivity (Wildman–Crippen MR) is 116 cm³/mol. The SMILES string of the molecule is CCC(C)N1C2=NC3C(C(=O)N(CCCc4ccccc4)C(=O)N3C)N2C(C)=C1C. The van der Waals surface area contributed by atoms with Gasteiger partial charge in [0, 0.05) is 31.0 Å². The molecule has 3 atom stereocenters. The van der Waals surface area contributed by atoms with Gasteiger partial charge >= 0.3 is 6.03 Å². The number of hydrogen-bond acceptors (Lipinski definition) is 5. The Morgan fingerprint density at radius 1 is 1.10 bits per heavy atom. The molecule has 1 aromatic carbocycles. The van der Waals surface area contributed by atoms with Crippen molar-refractivity contribution in [2.24, 2.45) is 4.99 Å². The predicted octanol–water partition coefficient (Wildman–Crippen LogP) is 3.25. The van der Waals surface area contributed by atoms with Gasteiger partial charge in [-0.05, 0) is 45.6 Å². The highest BCUT2D eigenvalue weighted by Gasteiger charge is 2.55. The molecular weight excluding hydrogens is 378 g/mol. The first-order valence-electron chi connectivity index (χ1n) is 10.8. The molecule has 7 heteroatoms. The molecule has 3 amide bonds. The summed E-state index contributed by atoms with van der Waals surface area (Å²) in [6, 6.07) is 9.70. The molecule has 0 spiro atoms. The largest absolute Gasteiger partial charge is 0.328 e. The third-order valence-corrected chi connectivity index (χ3v) is 6.66. The molecule has 0 aliphatic carbocycles. The molecule has 0 N–H and O–H groups in total. The zero-order valence-corrected chi connectivity index (χ0v) is 18.5. The maximum atomic E-state index is 13.5. The Labute approximate surface area is 178 Å². The van der Waals surface area contributed by atoms with Gasteiger partial charge in [-0.2, -0.15) is 0 Å². The van der Waals surface area contributed by atoms with Crippen molar-refractivity contribution in [1.82, 2.24) is 19.6 Å². The molecule has 3 aliphatic rings. The third kappa shape index (κ3) is 3.07. The first-order valence-corrected chi connectivity index (χ1v) is 10.8. The summed E-state index contributed by atoms with van der Waals surface area (Å²) >= 11 is 0. The van der Waals surface area contributed by atoms with E-state index >= 15 is 0 Å². The minimum absolute atomic E-state index is 0.145. The van der Waals surface area contributed by atoms with Crippen LogP contribution in [0.4, 0.5) is 4.79 Å². The lowest BCUT2D eigenvalue weighted by Gasteiger charge is -2.40. The van der Waals surface area contributed by atoms with Crippen LogP contribution in [-0.4, -0.2) is 69.3 Å². The van der Waals surface area contributed by atoms with E-state index in [0.29, 0.717) is 6.54 Å². The van der Waals surface area contributed by atoms with Crippen LogP contribution in [0.5, 0.6) is 0 Å². The number of benzene rings is 1. The van der Waals surface area contributed by atoms with Crippen LogP contribution < -0.4 is 0 Å². The molecule has 0 radical (unpaired) electrons. The summed E-state index contributed by atoms with van der Waals surface area (Å²) in [6.45, 7) is 8.85. The smallest absolute Gasteiger partial charge is 0.312 e. The third-order valence-electron chi connectivity index (χ3n) is 6.66. The Morgan fingerprint density at radius 3 is 2.47 bits per heavy atom. The number of imide groups is 1. The molecule has 30 heavy (non-hydrogen) atoms. The number of nitrogens with zero attached hydrogens (tertiary/aromatic N) is 5. The molecule has 1 aromatic rings. The number of fused-ring (bicyclic) bond motifs is 3. The fourth-order valence-corrected chi connectivity index (χ4v) is 4.64. The fourth-order valence-electron chi connectivity index (χ4n) is 4.64. The zero-order chi connectivity index (χ0) is 21.6. The van der Waals surface area contributed by atoms with Crippen molar-refractivity contribution >= 4 is 17.9 Å². The van der Waals surface area contributed by atoms with Crippen molar-refractivity contribution in [1.29, 1.82) is 0 Å². The number of allylic oxidation sites excluding steroid dienone is 2. The lowest BCUT2D eigenvalue weighted by Crippen LogP contribution is -2.64. The average molecular weight is 410 g/mol. The minimum Gasteiger partial charge on any atom is -0.312 e. The van der Waals surface area contributed by atoms with Crippen molar-refractivity contribution in [3.05, 3.63) is 47.3 Å². The van der Waals surface area contributed by atoms with Crippen LogP contribution >= 0.6 is 0 Å². The van der Waals surface area contributed by atoms with Crippen molar-refractivity contribution < 1.29 is 9.59 Å². The van der Waals surface area contributed by atoms with Crippen LogP contribution in [-0.2, 0) is 11.2 Å². The van der Waals surface area contributed by atoms with E-state index in [2.05, 4.69) is 37.8 Å². The molecule has 4 rings (SSSR count). The molecule has 3 aliphatic heterocycles. The number of carbonyl (C=O) groups is 2. The lowest BCUT2D eigenvalue weighted by molar-refractivity contribution is -0.136. The van der Waals surface area contributed by atoms with Gasteiger partial charge in [0.15, 0.2) is 12.2 Å². The van der Waals surface area contributed by atoms with Crippen LogP contribution in [0, 0.1) is 0 Å². The second kappa shape index (κ2) is 7.78. The highest BCUT2D eigenvalue weighted by atomic mass is 16.2. The van der Waals surface area contributed by atoms with Crippen LogP contribution in [0.3, 0.4) is 0 Å². The first kappa shape index (κ1) is 20.4. The van der Waals surface area contributed by atoms with Crippen LogP contribution in [0.25, 0.3) is 0 Å². The Balaban J connectivity index is 1.55. The summed E-state index contributed by atoms with van der Waals surface area (Å²) in [5, 5.41) is 0. The number of guanidine groups is 1. The van der Waals surface area contributed by atoms with Gasteiger partial charge < -0.3 is 9.80 Å². The summed E-state index contributed by atoms with van der Waals surface area (Å²) in [4.78, 5) is 38.6. The number of amides is 3. The van der Waals surface area contributed by atoms with E-state index < -0.39 is 12.2 Å². The minimum atomic E-state index is -0.483. The number of urea groups is 1. The molecule has 160 valence electrons. The summed E-state index contributed by atoms with van der Waals surface area (Å²) in [6.07, 6.45) is 2.08. The number of hydrogen-bond donors (Lipinski definition) is 0. The molecule has 1 fully saturated rings. The van der Waals surface area contributed by atoms with Crippen molar-refractivity contribution in [2.45, 2.75) is 65.2 Å². The normalized spacial score (nSPS) is 24.5. The molecule has 3 unspecified atom stereocenters. The van der Waals surface area contributed by atoms with Crippen LogP contribution in [0.2, 0.25) is 0 Å². The fraction of sp³-hybridized carbons (Fsp3) is 0.522. The van der Waals surface area contributed by atoms with E-state index in [1.165, 1.54) is 10.5 Å². The Kier molecular flexibility index (Phi) is 5.30. The maximum Gasteiger partial charge on any atom is 0.328 e. The van der Waals surface area contributed by atoms with Gasteiger partial charge in [-0.3, -0.25) is 14.6 Å². The number of aryl methyl sites for hydroxylation is 1. The monoisotopic (exact) mass is 409 g/mol. The second-order valence-electron chi connectivity index (χ2n) is 8.43. The summed E-state index contributed by atoms with van der Waals surface area (Å²) in [5.74, 6) is 0.654. The maximum absolute atomic E-state index is 13.5. The molecule has 1 saturated heterocycles. The van der Waals surface area contributed by atoms with Crippen molar-refractivity contribution in [2.75, 3.05) is 13.6 Å². The highest BCUT2D eigenvalue weighted by Crippen LogP contribution is 2.38. The number of aliphatic imine (C=N–C) groups is 1. The number of carbonyl (C=O) groups excluding carboxylic acids is 2. The molecule has 0 bridgehead atoms. The summed E-state index contributed by atoms with van der Waals surface area (Å²) in [7, 11) is 1.75. The molecule has 0 saturated carbocycles. The Morgan fingerprint density at radius 2 is 1.80 bits per heavy atom. The molecule has 0 aromatic heterocycles. The van der Waals surface area contributed by atoms with Gasteiger partial charge in [0.1, 0.15) is 0 Å². The van der Waals surface area contributed by atoms with E-state index in [1.807, 2.05) is 30.0 Å². The van der Waals surface area contributed by atoms with Gasteiger partial charge in [0.05, 0.1) is 0 Å². The first-order chi connectivity index (χ1) is 14.4. The number of rotatable bonds is 6. The van der Waals surface area contributed by atoms with Gasteiger partial charge in [-0.25, -0.2) is 9.79 Å². The van der Waals surface area contributed by atoms with E-state index in [-0.39, 0.29) is 18.0 Å². The van der Waals surface area contributed by atoms with E-state index in [9.17, 15) is 9.59 Å². The van der Waals surface area contributed by atoms with Crippen molar-refractivity contribution in [3.8, 4) is 0 Å². The zero-order valence-electron chi connectivity index (χ0n) is 18.5. The van der Waals surface area contributed by atoms with E-state index in [4.69, 9.17) is 4.99 Å². The Bertz CT molecular complexity index is 909. The highest BCUT2D eigenvalue weighted by molar-refractivity contribution is 6.05. The molecule has 7 nitrogen and oxygen atoms in total. The lowest BCUT2D eigenvalue weighted by atomic mass is 10.1. The second-order valence-corrected chi connectivity index (χ2v) is 8.43. The van der Waals surface area contributed by atoms with Crippen LogP contribution in [0.15, 0.2) is 46.7 Å². The van der Waals surface area contributed by atoms with Gasteiger partial charge in [-0.15, -0.1) is 0 Å². The van der Waals surface area contributed by atoms with Crippen molar-refractivity contribution in [3.63, 3.8) is 0 Å². The van der Waals surface area contributed by atoms with Gasteiger partial charge in [-0.1, -0.05) is 37.3 Å². The summed E-state index contributed by atoms with van der Waals surface area (Å²) < 4.78 is 0. The summed E-state index contributed by atoms with van der Waals surface area (Å²) in [5.41, 5.74) is 3.39. The van der Waals surface area contributed by atoms with E-state index in [0.717, 1.165) is 36.6 Å². The molecule has 3 heterocycles. The van der Waals surface area contributed by atoms with E-state index in [1.54, 1.807) is 11.9 Å². The standard InChI is InChI=1S/C23H31N5O2/c1-6-15(2)27-16(3)17(4)28-19-20(24-22(27)28)25(5)23(30)26(21(19)29)14-10-13-18-11-8-7-9-12-18/h7-9,11-12,15,19-20H,6,10,13-14H2,1-5H3. The van der Waals surface area contributed by atoms with Gasteiger partial charge in [0.25, 0.3) is 5.91 Å². The van der Waals surface area contributed by atoms with Crippen LogP contribution in [0.1, 0.15) is 46.1 Å². The average Bonchev–Trinajstić information content (AvgIpc) is 3.25. The van der Waals surface area contributed by atoms with Gasteiger partial charge in [0.2, 0.25) is 5.96 Å². The quantitative estimate of drug-likeness (QED) is 0.724. The Hall–Kier alpha value is -2.83.